The zero-order valence-corrected chi connectivity index (χ0v) is 19.3. The van der Waals surface area contributed by atoms with E-state index in [1.165, 1.54) is 38.5 Å². The van der Waals surface area contributed by atoms with Crippen molar-refractivity contribution in [2.45, 2.75) is 77.0 Å². The number of halogens is 6. The van der Waals surface area contributed by atoms with E-state index in [1.807, 2.05) is 0 Å². The predicted molar refractivity (Wildman–Crippen MR) is 118 cm³/mol. The van der Waals surface area contributed by atoms with E-state index in [0.29, 0.717) is 42.9 Å². The topological polar surface area (TPSA) is 9.23 Å². The molecule has 2 aromatic carbocycles. The Hall–Kier alpha value is -2.18. The highest BCUT2D eigenvalue weighted by atomic mass is 19.2. The second-order valence-electron chi connectivity index (χ2n) is 9.88. The SMILES string of the molecule is CCCC1CCC(C2CCC(c3c(F)c(F)cc(F)c3Oc3cc(F)c(F)c(F)c3)CC2)CC1. The van der Waals surface area contributed by atoms with Crippen LogP contribution in [-0.4, -0.2) is 0 Å². The summed E-state index contributed by atoms with van der Waals surface area (Å²) >= 11 is 0. The molecule has 0 bridgehead atoms. The third-order valence-electron chi connectivity index (χ3n) is 7.77. The van der Waals surface area contributed by atoms with Crippen LogP contribution in [0.2, 0.25) is 0 Å². The van der Waals surface area contributed by atoms with Gasteiger partial charge in [0.2, 0.25) is 0 Å². The highest BCUT2D eigenvalue weighted by Crippen LogP contribution is 2.48. The molecule has 2 aliphatic rings. The minimum atomic E-state index is -1.69. The van der Waals surface area contributed by atoms with Crippen molar-refractivity contribution in [1.29, 1.82) is 0 Å². The highest BCUT2D eigenvalue weighted by molar-refractivity contribution is 5.43. The van der Waals surface area contributed by atoms with Gasteiger partial charge in [-0.3, -0.25) is 0 Å². The summed E-state index contributed by atoms with van der Waals surface area (Å²) in [5, 5.41) is 0. The summed E-state index contributed by atoms with van der Waals surface area (Å²) in [7, 11) is 0. The first-order valence-corrected chi connectivity index (χ1v) is 12.3. The maximum absolute atomic E-state index is 14.9. The summed E-state index contributed by atoms with van der Waals surface area (Å²) in [6.07, 6.45) is 10.1. The van der Waals surface area contributed by atoms with E-state index in [2.05, 4.69) is 6.92 Å². The van der Waals surface area contributed by atoms with Crippen molar-refractivity contribution < 1.29 is 31.1 Å². The van der Waals surface area contributed by atoms with Crippen LogP contribution >= 0.6 is 0 Å². The molecule has 0 aliphatic heterocycles. The van der Waals surface area contributed by atoms with E-state index in [-0.39, 0.29) is 5.56 Å². The largest absolute Gasteiger partial charge is 0.454 e. The fraction of sp³-hybridized carbons (Fsp3) is 0.556. The van der Waals surface area contributed by atoms with E-state index in [0.717, 1.165) is 18.8 Å². The van der Waals surface area contributed by atoms with E-state index < -0.39 is 52.3 Å². The first kappa shape index (κ1) is 24.9. The van der Waals surface area contributed by atoms with Crippen molar-refractivity contribution in [2.75, 3.05) is 0 Å². The molecule has 2 fully saturated rings. The van der Waals surface area contributed by atoms with Gasteiger partial charge in [0.15, 0.2) is 40.7 Å². The quantitative estimate of drug-likeness (QED) is 0.226. The van der Waals surface area contributed by atoms with Crippen molar-refractivity contribution in [1.82, 2.24) is 0 Å². The third-order valence-corrected chi connectivity index (χ3v) is 7.77. The maximum Gasteiger partial charge on any atom is 0.194 e. The Labute approximate surface area is 196 Å². The predicted octanol–water partition coefficient (Wildman–Crippen LogP) is 9.19. The van der Waals surface area contributed by atoms with Gasteiger partial charge < -0.3 is 4.74 Å². The molecule has 4 rings (SSSR count). The van der Waals surface area contributed by atoms with Gasteiger partial charge in [-0.05, 0) is 62.2 Å². The molecule has 0 radical (unpaired) electrons. The number of benzene rings is 2. The molecule has 2 aromatic rings. The van der Waals surface area contributed by atoms with Gasteiger partial charge in [-0.15, -0.1) is 0 Å². The van der Waals surface area contributed by atoms with Gasteiger partial charge in [-0.2, -0.15) is 0 Å². The van der Waals surface area contributed by atoms with Gasteiger partial charge in [-0.1, -0.05) is 32.6 Å². The number of hydrogen-bond donors (Lipinski definition) is 0. The van der Waals surface area contributed by atoms with Crippen molar-refractivity contribution in [3.05, 3.63) is 58.7 Å². The molecule has 2 saturated carbocycles. The smallest absolute Gasteiger partial charge is 0.194 e. The molecule has 0 aromatic heterocycles. The lowest BCUT2D eigenvalue weighted by Crippen LogP contribution is -2.26. The van der Waals surface area contributed by atoms with Crippen molar-refractivity contribution in [2.24, 2.45) is 17.8 Å². The van der Waals surface area contributed by atoms with Gasteiger partial charge >= 0.3 is 0 Å². The van der Waals surface area contributed by atoms with E-state index in [9.17, 15) is 26.3 Å². The van der Waals surface area contributed by atoms with Crippen LogP contribution < -0.4 is 4.74 Å². The molecule has 2 aliphatic carbocycles. The Bertz CT molecular complexity index is 984. The molecule has 0 spiro atoms. The summed E-state index contributed by atoms with van der Waals surface area (Å²) in [5.74, 6) is -8.14. The molecule has 0 atom stereocenters. The lowest BCUT2D eigenvalue weighted by Gasteiger charge is -2.38. The molecule has 0 amide bonds. The molecule has 0 N–H and O–H groups in total. The monoisotopic (exact) mass is 484 g/mol. The Morgan fingerprint density at radius 2 is 1.21 bits per heavy atom. The summed E-state index contributed by atoms with van der Waals surface area (Å²) in [6, 6.07) is 1.45. The average Bonchev–Trinajstić information content (AvgIpc) is 2.82. The number of ether oxygens (including phenoxy) is 1. The summed E-state index contributed by atoms with van der Waals surface area (Å²) < 4.78 is 89.5. The van der Waals surface area contributed by atoms with Crippen molar-refractivity contribution in [3.63, 3.8) is 0 Å². The van der Waals surface area contributed by atoms with Crippen molar-refractivity contribution in [3.8, 4) is 11.5 Å². The molecule has 0 heterocycles. The normalized spacial score (nSPS) is 25.4. The van der Waals surface area contributed by atoms with Crippen LogP contribution in [0.15, 0.2) is 18.2 Å². The first-order chi connectivity index (χ1) is 16.3. The van der Waals surface area contributed by atoms with Crippen LogP contribution in [0.1, 0.15) is 82.6 Å². The zero-order chi connectivity index (χ0) is 24.4. The Kier molecular flexibility index (Phi) is 7.78. The maximum atomic E-state index is 14.9. The van der Waals surface area contributed by atoms with Crippen LogP contribution in [-0.2, 0) is 0 Å². The van der Waals surface area contributed by atoms with Gasteiger partial charge in [0.1, 0.15) is 5.75 Å². The number of hydrogen-bond acceptors (Lipinski definition) is 1. The molecule has 0 saturated heterocycles. The standard InChI is InChI=1S/C27H30F6O/c1-2-3-15-4-6-16(7-5-15)17-8-10-18(11-9-17)24-26(33)22(30)14-23(31)27(24)34-19-12-20(28)25(32)21(29)13-19/h12-18H,2-11H2,1H3. The van der Waals surface area contributed by atoms with Gasteiger partial charge in [0.25, 0.3) is 0 Å². The minimum Gasteiger partial charge on any atom is -0.454 e. The second kappa shape index (κ2) is 10.6. The van der Waals surface area contributed by atoms with E-state index in [1.54, 1.807) is 0 Å². The first-order valence-electron chi connectivity index (χ1n) is 12.3. The van der Waals surface area contributed by atoms with E-state index >= 15 is 0 Å². The minimum absolute atomic E-state index is 0.257. The van der Waals surface area contributed by atoms with Gasteiger partial charge in [-0.25, -0.2) is 26.3 Å². The molecule has 186 valence electrons. The van der Waals surface area contributed by atoms with Crippen LogP contribution in [0.5, 0.6) is 11.5 Å². The van der Waals surface area contributed by atoms with Gasteiger partial charge in [0.05, 0.1) is 0 Å². The molecular formula is C27H30F6O. The molecule has 34 heavy (non-hydrogen) atoms. The Morgan fingerprint density at radius 3 is 1.76 bits per heavy atom. The Balaban J connectivity index is 1.51. The molecule has 7 heteroatoms. The summed E-state index contributed by atoms with van der Waals surface area (Å²) in [6.45, 7) is 2.21. The zero-order valence-electron chi connectivity index (χ0n) is 19.3. The Morgan fingerprint density at radius 1 is 0.676 bits per heavy atom. The van der Waals surface area contributed by atoms with Crippen LogP contribution in [0.25, 0.3) is 0 Å². The summed E-state index contributed by atoms with van der Waals surface area (Å²) in [5.41, 5.74) is -0.257. The average molecular weight is 485 g/mol. The third kappa shape index (κ3) is 5.23. The van der Waals surface area contributed by atoms with Crippen LogP contribution in [0, 0.1) is 52.7 Å². The van der Waals surface area contributed by atoms with Crippen LogP contribution in [0.3, 0.4) is 0 Å². The lowest BCUT2D eigenvalue weighted by molar-refractivity contribution is 0.155. The molecule has 0 unspecified atom stereocenters. The highest BCUT2D eigenvalue weighted by Gasteiger charge is 2.34. The fourth-order valence-corrected chi connectivity index (χ4v) is 6.01. The van der Waals surface area contributed by atoms with Gasteiger partial charge in [0, 0.05) is 23.8 Å². The number of rotatable bonds is 6. The van der Waals surface area contributed by atoms with E-state index in [4.69, 9.17) is 4.74 Å². The molecule has 1 nitrogen and oxygen atoms in total. The second-order valence-corrected chi connectivity index (χ2v) is 9.88. The summed E-state index contributed by atoms with van der Waals surface area (Å²) in [4.78, 5) is 0. The lowest BCUT2D eigenvalue weighted by atomic mass is 9.68. The molecular weight excluding hydrogens is 454 g/mol. The fourth-order valence-electron chi connectivity index (χ4n) is 6.01. The van der Waals surface area contributed by atoms with Crippen molar-refractivity contribution >= 4 is 0 Å². The van der Waals surface area contributed by atoms with Crippen LogP contribution in [0.4, 0.5) is 26.3 Å².